The number of aliphatic hydroxyl groups is 3. The first-order valence-electron chi connectivity index (χ1n) is 28.1. The number of cyclic esters (lactones) is 1. The van der Waals surface area contributed by atoms with Gasteiger partial charge < -0.3 is 53.4 Å². The Kier molecular flexibility index (Phi) is 23.2. The number of aliphatic hydroxyl groups excluding tert-OH is 2. The third-order valence-electron chi connectivity index (χ3n) is 17.3. The van der Waals surface area contributed by atoms with Gasteiger partial charge in [-0.2, -0.15) is 0 Å². The van der Waals surface area contributed by atoms with Crippen LogP contribution in [-0.4, -0.2) is 150 Å². The summed E-state index contributed by atoms with van der Waals surface area (Å²) in [6, 6.07) is -1.08. The number of hydrogen-bond acceptors (Lipinski definition) is 14. The number of amides is 1. The Bertz CT molecular complexity index is 1950. The molecule has 0 radical (unpaired) electrons. The number of methoxy groups -OCH3 is 3. The topological polar surface area (TPSA) is 197 Å². The number of carbonyl (C=O) groups is 4. The molecular formula is C59H97NO14. The summed E-state index contributed by atoms with van der Waals surface area (Å²) in [4.78, 5) is 58.8. The fraction of sp³-hybridized carbons (Fsp3) is 0.831. The van der Waals surface area contributed by atoms with Gasteiger partial charge in [-0.1, -0.05) is 65.8 Å². The van der Waals surface area contributed by atoms with Crippen molar-refractivity contribution >= 4 is 23.4 Å². The molecule has 4 fully saturated rings. The highest BCUT2D eigenvalue weighted by atomic mass is 16.6. The molecule has 74 heavy (non-hydrogen) atoms. The molecule has 2 bridgehead atoms. The SMILES string of the molecule is COC1CC2CCC(C)C(O)(O2)C(O)C(=O)N2CCCCC2C(=O)OC(C(C)CC2CCC(OC3CC(C)(C)OC3C)C(OC)C2)CC(=O)/C(C)=C\C(C)C(O)C(OC)C(=O)C(C)CC(C)CC(C)C=CC=C1C. The summed E-state index contributed by atoms with van der Waals surface area (Å²) < 4.78 is 43.2. The third kappa shape index (κ3) is 16.1. The zero-order chi connectivity index (χ0) is 54.8. The number of fused-ring (bicyclic) bond motifs is 3. The fourth-order valence-electron chi connectivity index (χ4n) is 12.7. The average molecular weight is 1040 g/mol. The number of Topliss-reactive ketones (excluding diaryl/α,β-unsaturated/α-hetero) is 2. The molecule has 0 aromatic rings. The van der Waals surface area contributed by atoms with Crippen molar-refractivity contribution in [1.29, 1.82) is 0 Å². The minimum atomic E-state index is -2.23. The van der Waals surface area contributed by atoms with E-state index in [0.29, 0.717) is 56.9 Å². The number of carbonyl (C=O) groups excluding carboxylic acids is 4. The molecule has 1 saturated carbocycles. The maximum Gasteiger partial charge on any atom is 0.329 e. The first-order valence-corrected chi connectivity index (χ1v) is 28.1. The highest BCUT2D eigenvalue weighted by Crippen LogP contribution is 2.41. The molecule has 4 heterocycles. The van der Waals surface area contributed by atoms with Crippen LogP contribution in [0.25, 0.3) is 0 Å². The van der Waals surface area contributed by atoms with Gasteiger partial charge in [0.05, 0.1) is 48.3 Å². The number of esters is 1. The van der Waals surface area contributed by atoms with E-state index in [9.17, 15) is 34.5 Å². The Hall–Kier alpha value is -2.86. The molecule has 3 N–H and O–H groups in total. The van der Waals surface area contributed by atoms with Crippen LogP contribution in [0.2, 0.25) is 0 Å². The molecule has 5 rings (SSSR count). The van der Waals surface area contributed by atoms with Crippen LogP contribution >= 0.6 is 0 Å². The molecule has 19 atom stereocenters. The molecule has 19 unspecified atom stereocenters. The van der Waals surface area contributed by atoms with E-state index in [2.05, 4.69) is 33.8 Å². The van der Waals surface area contributed by atoms with Crippen molar-refractivity contribution in [1.82, 2.24) is 4.90 Å². The molecule has 0 aromatic heterocycles. The Morgan fingerprint density at radius 3 is 2.19 bits per heavy atom. The summed E-state index contributed by atoms with van der Waals surface area (Å²) in [6.45, 7) is 21.6. The van der Waals surface area contributed by atoms with Gasteiger partial charge in [0.2, 0.25) is 5.79 Å². The number of ether oxygens (including phenoxy) is 7. The van der Waals surface area contributed by atoms with E-state index in [1.807, 2.05) is 39.8 Å². The number of piperidine rings is 1. The molecule has 0 aromatic carbocycles. The number of allylic oxidation sites excluding steroid dienone is 4. The molecule has 3 saturated heterocycles. The fourth-order valence-corrected chi connectivity index (χ4v) is 12.7. The van der Waals surface area contributed by atoms with Crippen LogP contribution < -0.4 is 0 Å². The average Bonchev–Trinajstić information content (AvgIpc) is 3.62. The Morgan fingerprint density at radius 1 is 0.824 bits per heavy atom. The lowest BCUT2D eigenvalue weighted by atomic mass is 9.78. The molecule has 1 amide bonds. The van der Waals surface area contributed by atoms with Gasteiger partial charge in [0.1, 0.15) is 18.2 Å². The second kappa shape index (κ2) is 27.6. The normalized spacial score (nSPS) is 41.4. The van der Waals surface area contributed by atoms with Crippen molar-refractivity contribution in [3.63, 3.8) is 0 Å². The third-order valence-corrected chi connectivity index (χ3v) is 17.3. The Labute approximate surface area is 443 Å². The van der Waals surface area contributed by atoms with E-state index in [0.717, 1.165) is 31.3 Å². The summed E-state index contributed by atoms with van der Waals surface area (Å²) >= 11 is 0. The monoisotopic (exact) mass is 1040 g/mol. The van der Waals surface area contributed by atoms with E-state index < -0.39 is 72.0 Å². The van der Waals surface area contributed by atoms with Crippen LogP contribution in [-0.2, 0) is 52.3 Å². The predicted molar refractivity (Wildman–Crippen MR) is 283 cm³/mol. The Morgan fingerprint density at radius 2 is 1.54 bits per heavy atom. The predicted octanol–water partition coefficient (Wildman–Crippen LogP) is 8.42. The van der Waals surface area contributed by atoms with Crippen LogP contribution in [0.5, 0.6) is 0 Å². The van der Waals surface area contributed by atoms with Crippen LogP contribution in [0.4, 0.5) is 0 Å². The molecule has 0 spiro atoms. The number of rotatable bonds is 8. The smallest absolute Gasteiger partial charge is 0.329 e. The van der Waals surface area contributed by atoms with Crippen LogP contribution in [0.1, 0.15) is 166 Å². The minimum absolute atomic E-state index is 0.0374. The van der Waals surface area contributed by atoms with E-state index in [-0.39, 0.29) is 90.7 Å². The highest BCUT2D eigenvalue weighted by molar-refractivity contribution is 5.95. The van der Waals surface area contributed by atoms with Gasteiger partial charge >= 0.3 is 5.97 Å². The zero-order valence-electron chi connectivity index (χ0n) is 47.6. The van der Waals surface area contributed by atoms with Crippen molar-refractivity contribution in [2.75, 3.05) is 27.9 Å². The highest BCUT2D eigenvalue weighted by Gasteiger charge is 2.53. The zero-order valence-corrected chi connectivity index (χ0v) is 47.6. The first-order chi connectivity index (χ1) is 34.8. The first kappa shape index (κ1) is 62.0. The summed E-state index contributed by atoms with van der Waals surface area (Å²) in [5.41, 5.74) is 1.02. The van der Waals surface area contributed by atoms with Gasteiger partial charge in [-0.3, -0.25) is 14.4 Å². The molecule has 15 nitrogen and oxygen atoms in total. The van der Waals surface area contributed by atoms with Gasteiger partial charge in [0, 0.05) is 64.9 Å². The van der Waals surface area contributed by atoms with Crippen molar-refractivity contribution in [2.24, 2.45) is 41.4 Å². The lowest BCUT2D eigenvalue weighted by molar-refractivity contribution is -0.317. The quantitative estimate of drug-likeness (QED) is 0.196. The van der Waals surface area contributed by atoms with Gasteiger partial charge in [0.15, 0.2) is 17.7 Å². The van der Waals surface area contributed by atoms with Gasteiger partial charge in [-0.25, -0.2) is 4.79 Å². The molecular weight excluding hydrogens is 947 g/mol. The standard InChI is InChI=1S/C59H97NO14/c1-34-18-17-19-36(3)48(68-12)31-44-23-21-41(8)59(67,74-44)55(64)56(65)60-25-16-15-20-45(60)57(66)72-49(32-46(61)37(4)28-40(7)53(63)54(70-14)52(62)39(6)27-35(2)26-34)38(5)29-43-22-24-47(50(30-43)69-13)71-51-33-58(10,11)73-42(51)9/h17-19,28,34-35,38-45,47-51,53-55,63-64,67H,15-16,20-27,29-33H2,1-14H3/b18-17?,36-19?,37-28-. The van der Waals surface area contributed by atoms with Crippen molar-refractivity contribution in [3.8, 4) is 0 Å². The molecule has 5 aliphatic rings. The Balaban J connectivity index is 1.44. The largest absolute Gasteiger partial charge is 0.460 e. The second-order valence-electron chi connectivity index (χ2n) is 24.2. The minimum Gasteiger partial charge on any atom is -0.460 e. The van der Waals surface area contributed by atoms with Gasteiger partial charge in [0.25, 0.3) is 5.91 Å². The summed E-state index contributed by atoms with van der Waals surface area (Å²) in [7, 11) is 4.74. The van der Waals surface area contributed by atoms with Crippen molar-refractivity contribution in [3.05, 3.63) is 35.5 Å². The van der Waals surface area contributed by atoms with Gasteiger partial charge in [-0.15, -0.1) is 0 Å². The van der Waals surface area contributed by atoms with E-state index in [1.165, 1.54) is 12.0 Å². The van der Waals surface area contributed by atoms with Crippen LogP contribution in [0.3, 0.4) is 0 Å². The molecule has 15 heteroatoms. The van der Waals surface area contributed by atoms with Crippen molar-refractivity contribution < 1.29 is 67.7 Å². The summed E-state index contributed by atoms with van der Waals surface area (Å²) in [5.74, 6) is -5.64. The molecule has 4 aliphatic heterocycles. The lowest BCUT2D eigenvalue weighted by Gasteiger charge is -2.46. The number of nitrogens with zero attached hydrogens (tertiary/aromatic N) is 1. The van der Waals surface area contributed by atoms with Crippen LogP contribution in [0.15, 0.2) is 35.5 Å². The van der Waals surface area contributed by atoms with E-state index in [1.54, 1.807) is 41.1 Å². The summed E-state index contributed by atoms with van der Waals surface area (Å²) in [6.07, 6.45) is 9.15. The lowest BCUT2D eigenvalue weighted by Crippen LogP contribution is -2.63. The molecule has 422 valence electrons. The van der Waals surface area contributed by atoms with Gasteiger partial charge in [-0.05, 0) is 140 Å². The van der Waals surface area contributed by atoms with E-state index >= 15 is 0 Å². The van der Waals surface area contributed by atoms with Crippen LogP contribution in [0, 0.1) is 41.4 Å². The second-order valence-corrected chi connectivity index (χ2v) is 24.2. The van der Waals surface area contributed by atoms with Crippen molar-refractivity contribution in [2.45, 2.75) is 245 Å². The van der Waals surface area contributed by atoms with E-state index in [4.69, 9.17) is 33.2 Å². The molecule has 1 aliphatic carbocycles. The summed E-state index contributed by atoms with van der Waals surface area (Å²) in [5, 5.41) is 35.7. The number of ketones is 2. The maximum atomic E-state index is 14.7. The number of hydrogen-bond donors (Lipinski definition) is 3. The maximum absolute atomic E-state index is 14.7.